The molecule has 1 saturated heterocycles. The highest BCUT2D eigenvalue weighted by Crippen LogP contribution is 2.62. The Morgan fingerprint density at radius 3 is 2.62 bits per heavy atom. The van der Waals surface area contributed by atoms with Crippen molar-refractivity contribution < 1.29 is 19.5 Å². The molecule has 5 nitrogen and oxygen atoms in total. The Hall–Kier alpha value is -1.39. The van der Waals surface area contributed by atoms with Crippen molar-refractivity contribution >= 4 is 17.7 Å². The molecule has 5 heteroatoms. The van der Waals surface area contributed by atoms with Gasteiger partial charge in [0.15, 0.2) is 0 Å². The van der Waals surface area contributed by atoms with E-state index >= 15 is 0 Å². The van der Waals surface area contributed by atoms with Crippen molar-refractivity contribution in [2.24, 2.45) is 40.9 Å². The molecule has 1 aliphatic heterocycles. The summed E-state index contributed by atoms with van der Waals surface area (Å²) in [5, 5.41) is 12.6. The predicted octanol–water partition coefficient (Wildman–Crippen LogP) is 4.19. The maximum absolute atomic E-state index is 13.1. The number of fused-ring (bicyclic) bond motifs is 5. The third kappa shape index (κ3) is 3.42. The Balaban J connectivity index is 1.61. The normalized spacial score (nSPS) is 45.4. The van der Waals surface area contributed by atoms with Gasteiger partial charge in [-0.3, -0.25) is 14.4 Å². The van der Waals surface area contributed by atoms with Crippen LogP contribution >= 0.6 is 0 Å². The minimum atomic E-state index is -0.736. The van der Waals surface area contributed by atoms with Crippen molar-refractivity contribution in [3.63, 3.8) is 0 Å². The van der Waals surface area contributed by atoms with Gasteiger partial charge < -0.3 is 10.4 Å². The molecular formula is C24H37NO4. The first-order valence-electron chi connectivity index (χ1n) is 11.7. The van der Waals surface area contributed by atoms with Gasteiger partial charge in [-0.15, -0.1) is 0 Å². The molecule has 0 bridgehead atoms. The Kier molecular flexibility index (Phi) is 5.31. The number of hydrogen-bond acceptors (Lipinski definition) is 3. The lowest BCUT2D eigenvalue weighted by molar-refractivity contribution is -0.137. The summed E-state index contributed by atoms with van der Waals surface area (Å²) in [5.41, 5.74) is -0.130. The minimum Gasteiger partial charge on any atom is -0.481 e. The van der Waals surface area contributed by atoms with Gasteiger partial charge >= 0.3 is 5.97 Å². The summed E-state index contributed by atoms with van der Waals surface area (Å²) >= 11 is 0. The van der Waals surface area contributed by atoms with E-state index < -0.39 is 5.97 Å². The lowest BCUT2D eigenvalue weighted by atomic mass is 9.49. The molecule has 4 fully saturated rings. The highest BCUT2D eigenvalue weighted by molar-refractivity contribution is 5.80. The molecule has 4 rings (SSSR count). The van der Waals surface area contributed by atoms with Crippen molar-refractivity contribution in [3.05, 3.63) is 0 Å². The molecule has 0 aromatic heterocycles. The molecule has 0 aromatic rings. The number of carboxylic acid groups (broad SMARTS) is 1. The van der Waals surface area contributed by atoms with Crippen LogP contribution in [-0.4, -0.2) is 28.3 Å². The number of aliphatic carboxylic acids is 1. The number of carbonyl (C=O) groups is 3. The number of carbonyl (C=O) groups excluding carboxylic acids is 2. The summed E-state index contributed by atoms with van der Waals surface area (Å²) in [6.07, 6.45) is 8.23. The standard InChI is InChI=1S/C24H37NO4/c1-14(4-9-22(28)29)18-7-8-19-17-6-5-15-12-16(26)10-11-23(15,2)20(17)13-21(27)25-24(18,19)3/h14-15,17-20H,4-13H2,1-3H3,(H,25,27)(H,28,29). The third-order valence-corrected chi connectivity index (χ3v) is 9.72. The first kappa shape index (κ1) is 20.9. The predicted molar refractivity (Wildman–Crippen MR) is 110 cm³/mol. The molecule has 1 heterocycles. The van der Waals surface area contributed by atoms with Crippen LogP contribution in [0, 0.1) is 40.9 Å². The van der Waals surface area contributed by atoms with Crippen LogP contribution in [0.25, 0.3) is 0 Å². The largest absolute Gasteiger partial charge is 0.481 e. The van der Waals surface area contributed by atoms with Gasteiger partial charge in [-0.25, -0.2) is 0 Å². The van der Waals surface area contributed by atoms with Crippen molar-refractivity contribution in [3.8, 4) is 0 Å². The first-order chi connectivity index (χ1) is 13.6. The number of amides is 1. The summed E-state index contributed by atoms with van der Waals surface area (Å²) in [6, 6.07) is 0. The monoisotopic (exact) mass is 403 g/mol. The number of carboxylic acids is 1. The van der Waals surface area contributed by atoms with E-state index in [9.17, 15) is 14.4 Å². The van der Waals surface area contributed by atoms with Gasteiger partial charge in [0.25, 0.3) is 0 Å². The number of nitrogens with one attached hydrogen (secondary N) is 1. The van der Waals surface area contributed by atoms with Gasteiger partial charge in [0, 0.05) is 31.2 Å². The van der Waals surface area contributed by atoms with Gasteiger partial charge in [0.1, 0.15) is 5.78 Å². The maximum Gasteiger partial charge on any atom is 0.303 e. The zero-order valence-corrected chi connectivity index (χ0v) is 18.2. The van der Waals surface area contributed by atoms with E-state index in [1.54, 1.807) is 0 Å². The molecule has 0 aromatic carbocycles. The van der Waals surface area contributed by atoms with Gasteiger partial charge in [-0.05, 0) is 86.4 Å². The number of rotatable bonds is 4. The van der Waals surface area contributed by atoms with Crippen LogP contribution in [0.4, 0.5) is 0 Å². The fourth-order valence-electron chi connectivity index (χ4n) is 8.15. The minimum absolute atomic E-state index is 0.104. The van der Waals surface area contributed by atoms with Crippen LogP contribution in [0.1, 0.15) is 85.0 Å². The molecule has 8 atom stereocenters. The van der Waals surface area contributed by atoms with Gasteiger partial charge in [-0.2, -0.15) is 0 Å². The lowest BCUT2D eigenvalue weighted by Crippen LogP contribution is -2.55. The Morgan fingerprint density at radius 1 is 1.14 bits per heavy atom. The van der Waals surface area contributed by atoms with E-state index in [0.29, 0.717) is 61.1 Å². The Bertz CT molecular complexity index is 705. The van der Waals surface area contributed by atoms with E-state index in [0.717, 1.165) is 32.1 Å². The summed E-state index contributed by atoms with van der Waals surface area (Å²) in [7, 11) is 0. The average molecular weight is 404 g/mol. The van der Waals surface area contributed by atoms with Crippen LogP contribution in [0.3, 0.4) is 0 Å². The van der Waals surface area contributed by atoms with E-state index in [4.69, 9.17) is 5.11 Å². The summed E-state index contributed by atoms with van der Waals surface area (Å²) in [6.45, 7) is 6.77. The molecular weight excluding hydrogens is 366 g/mol. The summed E-state index contributed by atoms with van der Waals surface area (Å²) in [5.74, 6) is 2.27. The number of hydrogen-bond donors (Lipinski definition) is 2. The SMILES string of the molecule is CC(CCC(=O)O)C1CCC2C3CCC4CC(=O)CCC4(C)C3CC(=O)NC12C. The summed E-state index contributed by atoms with van der Waals surface area (Å²) < 4.78 is 0. The van der Waals surface area contributed by atoms with Gasteiger partial charge in [-0.1, -0.05) is 13.8 Å². The van der Waals surface area contributed by atoms with Gasteiger partial charge in [0.2, 0.25) is 5.91 Å². The molecule has 0 spiro atoms. The van der Waals surface area contributed by atoms with Crippen molar-refractivity contribution in [2.45, 2.75) is 90.5 Å². The molecule has 1 amide bonds. The second-order valence-electron chi connectivity index (χ2n) is 11.0. The highest BCUT2D eigenvalue weighted by Gasteiger charge is 2.60. The fraction of sp³-hybridized carbons (Fsp3) is 0.875. The van der Waals surface area contributed by atoms with Crippen LogP contribution < -0.4 is 5.32 Å². The highest BCUT2D eigenvalue weighted by atomic mass is 16.4. The van der Waals surface area contributed by atoms with E-state index in [1.807, 2.05) is 0 Å². The maximum atomic E-state index is 13.1. The van der Waals surface area contributed by atoms with Crippen LogP contribution in [0.5, 0.6) is 0 Å². The van der Waals surface area contributed by atoms with Crippen molar-refractivity contribution in [1.82, 2.24) is 5.32 Å². The number of Topliss-reactive ketones (excluding diaryl/α,β-unsaturated/α-hetero) is 1. The Labute approximate surface area is 174 Å². The molecule has 2 N–H and O–H groups in total. The molecule has 0 radical (unpaired) electrons. The summed E-state index contributed by atoms with van der Waals surface area (Å²) in [4.78, 5) is 36.3. The van der Waals surface area contributed by atoms with Crippen LogP contribution in [-0.2, 0) is 14.4 Å². The zero-order chi connectivity index (χ0) is 21.0. The Morgan fingerprint density at radius 2 is 1.90 bits per heavy atom. The molecule has 4 aliphatic rings. The third-order valence-electron chi connectivity index (χ3n) is 9.72. The van der Waals surface area contributed by atoms with Crippen molar-refractivity contribution in [2.75, 3.05) is 0 Å². The molecule has 3 saturated carbocycles. The first-order valence-corrected chi connectivity index (χ1v) is 11.7. The van der Waals surface area contributed by atoms with Crippen molar-refractivity contribution in [1.29, 1.82) is 0 Å². The molecule has 162 valence electrons. The topological polar surface area (TPSA) is 83.5 Å². The smallest absolute Gasteiger partial charge is 0.303 e. The molecule has 3 aliphatic carbocycles. The lowest BCUT2D eigenvalue weighted by Gasteiger charge is -2.55. The molecule has 29 heavy (non-hydrogen) atoms. The second-order valence-corrected chi connectivity index (χ2v) is 11.0. The average Bonchev–Trinajstić information content (AvgIpc) is 2.92. The number of ketones is 1. The van der Waals surface area contributed by atoms with Crippen LogP contribution in [0.15, 0.2) is 0 Å². The quantitative estimate of drug-likeness (QED) is 0.737. The molecule has 8 unspecified atom stereocenters. The van der Waals surface area contributed by atoms with E-state index in [-0.39, 0.29) is 29.2 Å². The second kappa shape index (κ2) is 7.39. The van der Waals surface area contributed by atoms with E-state index in [1.165, 1.54) is 0 Å². The fourth-order valence-corrected chi connectivity index (χ4v) is 8.15. The van der Waals surface area contributed by atoms with Gasteiger partial charge in [0.05, 0.1) is 0 Å². The van der Waals surface area contributed by atoms with E-state index in [2.05, 4.69) is 26.1 Å². The van der Waals surface area contributed by atoms with Crippen LogP contribution in [0.2, 0.25) is 0 Å². The zero-order valence-electron chi connectivity index (χ0n) is 18.2.